The zero-order valence-electron chi connectivity index (χ0n) is 9.42. The molecule has 2 heterocycles. The van der Waals surface area contributed by atoms with Gasteiger partial charge in [0.05, 0.1) is 24.0 Å². The minimum absolute atomic E-state index is 0.0727. The van der Waals surface area contributed by atoms with Gasteiger partial charge in [0.1, 0.15) is 0 Å². The minimum Gasteiger partial charge on any atom is -0.390 e. The SMILES string of the molecule is OCc1cccc(-n2ncc3ccc(Br)cc32)n1. The number of hydrogen-bond acceptors (Lipinski definition) is 3. The molecule has 0 saturated heterocycles. The highest BCUT2D eigenvalue weighted by Gasteiger charge is 2.06. The van der Waals surface area contributed by atoms with E-state index in [2.05, 4.69) is 26.0 Å². The van der Waals surface area contributed by atoms with E-state index in [-0.39, 0.29) is 6.61 Å². The Bertz CT molecular complexity index is 708. The fourth-order valence-corrected chi connectivity index (χ4v) is 2.20. The van der Waals surface area contributed by atoms with Gasteiger partial charge in [-0.25, -0.2) is 9.67 Å². The summed E-state index contributed by atoms with van der Waals surface area (Å²) in [5.41, 5.74) is 1.61. The van der Waals surface area contributed by atoms with Gasteiger partial charge in [-0.15, -0.1) is 0 Å². The number of rotatable bonds is 2. The number of hydrogen-bond donors (Lipinski definition) is 1. The molecule has 4 nitrogen and oxygen atoms in total. The van der Waals surface area contributed by atoms with Crippen LogP contribution in [0.2, 0.25) is 0 Å². The Morgan fingerprint density at radius 2 is 2.11 bits per heavy atom. The predicted molar refractivity (Wildman–Crippen MR) is 72.5 cm³/mol. The van der Waals surface area contributed by atoms with E-state index < -0.39 is 0 Å². The number of aliphatic hydroxyl groups is 1. The van der Waals surface area contributed by atoms with Crippen LogP contribution >= 0.6 is 15.9 Å². The number of aliphatic hydroxyl groups excluding tert-OH is 1. The Morgan fingerprint density at radius 1 is 1.22 bits per heavy atom. The summed E-state index contributed by atoms with van der Waals surface area (Å²) >= 11 is 3.45. The molecule has 18 heavy (non-hydrogen) atoms. The molecular formula is C13H10BrN3O. The average molecular weight is 304 g/mol. The molecule has 3 rings (SSSR count). The topological polar surface area (TPSA) is 50.9 Å². The highest BCUT2D eigenvalue weighted by molar-refractivity contribution is 9.10. The van der Waals surface area contributed by atoms with Crippen molar-refractivity contribution < 1.29 is 5.11 Å². The third kappa shape index (κ3) is 1.91. The lowest BCUT2D eigenvalue weighted by molar-refractivity contribution is 0.276. The maximum Gasteiger partial charge on any atom is 0.154 e. The summed E-state index contributed by atoms with van der Waals surface area (Å²) < 4.78 is 2.76. The minimum atomic E-state index is -0.0727. The molecule has 0 amide bonds. The molecule has 1 N–H and O–H groups in total. The van der Waals surface area contributed by atoms with Gasteiger partial charge in [-0.2, -0.15) is 5.10 Å². The number of pyridine rings is 1. The molecule has 3 aromatic rings. The van der Waals surface area contributed by atoms with Gasteiger partial charge in [-0.05, 0) is 24.3 Å². The Balaban J connectivity index is 2.21. The van der Waals surface area contributed by atoms with Crippen molar-refractivity contribution >= 4 is 26.8 Å². The number of halogens is 1. The van der Waals surface area contributed by atoms with Crippen LogP contribution in [0, 0.1) is 0 Å². The molecule has 2 aromatic heterocycles. The van der Waals surface area contributed by atoms with Gasteiger partial charge >= 0.3 is 0 Å². The van der Waals surface area contributed by atoms with E-state index in [0.717, 1.165) is 15.4 Å². The Labute approximate surface area is 112 Å². The molecule has 0 aliphatic heterocycles. The second-order valence-corrected chi connectivity index (χ2v) is 4.82. The summed E-state index contributed by atoms with van der Waals surface area (Å²) in [5, 5.41) is 14.5. The Kier molecular flexibility index (Phi) is 2.85. The van der Waals surface area contributed by atoms with Gasteiger partial charge in [0.25, 0.3) is 0 Å². The molecule has 0 aliphatic carbocycles. The first-order chi connectivity index (χ1) is 8.78. The van der Waals surface area contributed by atoms with Crippen LogP contribution in [0.1, 0.15) is 5.69 Å². The van der Waals surface area contributed by atoms with E-state index >= 15 is 0 Å². The summed E-state index contributed by atoms with van der Waals surface area (Å²) in [7, 11) is 0. The van der Waals surface area contributed by atoms with Crippen LogP contribution in [0.15, 0.2) is 47.1 Å². The first kappa shape index (κ1) is 11.4. The van der Waals surface area contributed by atoms with Crippen molar-refractivity contribution in [2.75, 3.05) is 0 Å². The van der Waals surface area contributed by atoms with E-state index in [4.69, 9.17) is 5.11 Å². The second-order valence-electron chi connectivity index (χ2n) is 3.90. The van der Waals surface area contributed by atoms with Crippen LogP contribution < -0.4 is 0 Å². The molecule has 1 aromatic carbocycles. The lowest BCUT2D eigenvalue weighted by Gasteiger charge is -2.04. The Hall–Kier alpha value is -1.72. The summed E-state index contributed by atoms with van der Waals surface area (Å²) in [5.74, 6) is 0.703. The van der Waals surface area contributed by atoms with Crippen LogP contribution in [0.3, 0.4) is 0 Å². The van der Waals surface area contributed by atoms with Gasteiger partial charge in [0.15, 0.2) is 5.82 Å². The first-order valence-corrected chi connectivity index (χ1v) is 6.28. The molecule has 0 aliphatic rings. The van der Waals surface area contributed by atoms with E-state index in [1.54, 1.807) is 16.9 Å². The van der Waals surface area contributed by atoms with Gasteiger partial charge in [0.2, 0.25) is 0 Å². The second kappa shape index (κ2) is 4.51. The summed E-state index contributed by atoms with van der Waals surface area (Å²) in [6.07, 6.45) is 1.80. The molecular weight excluding hydrogens is 294 g/mol. The van der Waals surface area contributed by atoms with Crippen LogP contribution in [-0.2, 0) is 6.61 Å². The molecule has 90 valence electrons. The lowest BCUT2D eigenvalue weighted by atomic mass is 10.2. The van der Waals surface area contributed by atoms with Crippen molar-refractivity contribution in [3.63, 3.8) is 0 Å². The van der Waals surface area contributed by atoms with Gasteiger partial charge in [0, 0.05) is 9.86 Å². The van der Waals surface area contributed by atoms with Crippen molar-refractivity contribution in [2.24, 2.45) is 0 Å². The zero-order valence-corrected chi connectivity index (χ0v) is 11.0. The number of benzene rings is 1. The van der Waals surface area contributed by atoms with E-state index in [1.807, 2.05) is 30.3 Å². The van der Waals surface area contributed by atoms with E-state index in [0.29, 0.717) is 11.5 Å². The Morgan fingerprint density at radius 3 is 2.94 bits per heavy atom. The van der Waals surface area contributed by atoms with Gasteiger partial charge in [-0.1, -0.05) is 28.1 Å². The standard InChI is InChI=1S/C13H10BrN3O/c14-10-5-4-9-7-15-17(12(9)6-10)13-3-1-2-11(8-18)16-13/h1-7,18H,8H2. The number of nitrogens with zero attached hydrogens (tertiary/aromatic N) is 3. The number of fused-ring (bicyclic) bond motifs is 1. The molecule has 0 fully saturated rings. The third-order valence-electron chi connectivity index (χ3n) is 2.70. The quantitative estimate of drug-likeness (QED) is 0.792. The highest BCUT2D eigenvalue weighted by atomic mass is 79.9. The van der Waals surface area contributed by atoms with Crippen LogP contribution in [0.25, 0.3) is 16.7 Å². The first-order valence-electron chi connectivity index (χ1n) is 5.48. The maximum absolute atomic E-state index is 9.12. The summed E-state index contributed by atoms with van der Waals surface area (Å²) in [6, 6.07) is 11.5. The fraction of sp³-hybridized carbons (Fsp3) is 0.0769. The zero-order chi connectivity index (χ0) is 12.5. The van der Waals surface area contributed by atoms with Crippen LogP contribution in [0.4, 0.5) is 0 Å². The third-order valence-corrected chi connectivity index (χ3v) is 3.20. The smallest absolute Gasteiger partial charge is 0.154 e. The van der Waals surface area contributed by atoms with E-state index in [9.17, 15) is 0 Å². The van der Waals surface area contributed by atoms with Gasteiger partial charge in [-0.3, -0.25) is 0 Å². The molecule has 0 unspecified atom stereocenters. The normalized spacial score (nSPS) is 11.0. The molecule has 0 spiro atoms. The fourth-order valence-electron chi connectivity index (χ4n) is 1.85. The molecule has 0 saturated carbocycles. The molecule has 0 bridgehead atoms. The summed E-state index contributed by atoms with van der Waals surface area (Å²) in [6.45, 7) is -0.0727. The lowest BCUT2D eigenvalue weighted by Crippen LogP contribution is -2.01. The number of aromatic nitrogens is 3. The summed E-state index contributed by atoms with van der Waals surface area (Å²) in [4.78, 5) is 4.35. The molecule has 0 atom stereocenters. The monoisotopic (exact) mass is 303 g/mol. The maximum atomic E-state index is 9.12. The molecule has 0 radical (unpaired) electrons. The van der Waals surface area contributed by atoms with E-state index in [1.165, 1.54) is 0 Å². The molecule has 5 heteroatoms. The average Bonchev–Trinajstić information content (AvgIpc) is 2.81. The van der Waals surface area contributed by atoms with Crippen molar-refractivity contribution in [3.8, 4) is 5.82 Å². The van der Waals surface area contributed by atoms with Crippen molar-refractivity contribution in [3.05, 3.63) is 52.8 Å². The van der Waals surface area contributed by atoms with Crippen molar-refractivity contribution in [2.45, 2.75) is 6.61 Å². The van der Waals surface area contributed by atoms with Crippen LogP contribution in [0.5, 0.6) is 0 Å². The van der Waals surface area contributed by atoms with Gasteiger partial charge < -0.3 is 5.11 Å². The predicted octanol–water partition coefficient (Wildman–Crippen LogP) is 2.68. The van der Waals surface area contributed by atoms with Crippen molar-refractivity contribution in [1.29, 1.82) is 0 Å². The highest BCUT2D eigenvalue weighted by Crippen LogP contribution is 2.21. The largest absolute Gasteiger partial charge is 0.390 e. The van der Waals surface area contributed by atoms with Crippen molar-refractivity contribution in [1.82, 2.24) is 14.8 Å². The van der Waals surface area contributed by atoms with Crippen LogP contribution in [-0.4, -0.2) is 19.9 Å².